The molecule has 10 nitrogen and oxygen atoms in total. The summed E-state index contributed by atoms with van der Waals surface area (Å²) in [6, 6.07) is 12.4. The molecule has 37 heavy (non-hydrogen) atoms. The quantitative estimate of drug-likeness (QED) is 0.255. The summed E-state index contributed by atoms with van der Waals surface area (Å²) < 4.78 is 1.03. The zero-order valence-electron chi connectivity index (χ0n) is 21.5. The average Bonchev–Trinajstić information content (AvgIpc) is 2.88. The van der Waals surface area contributed by atoms with Crippen LogP contribution in [0.5, 0.6) is 0 Å². The first-order valence-corrected chi connectivity index (χ1v) is 12.2. The standard InChI is InChI=1S/C27H31N7O3/c1-5-23(32(14-15-34(3,4)37)26(35)21-16-29-19(2)30-17-21)25-31-24-22(12-9-13-28-24)27(36)33(25)18-20-10-7-6-8-11-20/h6-13,16-17,23H,5,14-15,18H2,1-4H3. The fourth-order valence-electron chi connectivity index (χ4n) is 4.20. The third-order valence-electron chi connectivity index (χ3n) is 6.17. The molecule has 3 heterocycles. The van der Waals surface area contributed by atoms with Crippen LogP contribution in [-0.2, 0) is 6.54 Å². The molecule has 1 aromatic carbocycles. The topological polar surface area (TPSA) is 117 Å². The van der Waals surface area contributed by atoms with Crippen molar-refractivity contribution in [3.8, 4) is 0 Å². The molecule has 0 aliphatic rings. The highest BCUT2D eigenvalue weighted by Gasteiger charge is 2.30. The Morgan fingerprint density at radius 3 is 2.43 bits per heavy atom. The Balaban J connectivity index is 1.87. The lowest BCUT2D eigenvalue weighted by Crippen LogP contribution is -2.45. The number of hydroxylamine groups is 3. The first-order valence-electron chi connectivity index (χ1n) is 12.2. The summed E-state index contributed by atoms with van der Waals surface area (Å²) >= 11 is 0. The van der Waals surface area contributed by atoms with E-state index in [0.29, 0.717) is 34.7 Å². The number of hydrogen-bond donors (Lipinski definition) is 0. The van der Waals surface area contributed by atoms with Gasteiger partial charge in [-0.2, -0.15) is 0 Å². The molecular formula is C27H31N7O3. The van der Waals surface area contributed by atoms with Crippen LogP contribution in [0.1, 0.15) is 47.0 Å². The highest BCUT2D eigenvalue weighted by Crippen LogP contribution is 2.26. The summed E-state index contributed by atoms with van der Waals surface area (Å²) in [4.78, 5) is 46.5. The Bertz CT molecular complexity index is 1430. The van der Waals surface area contributed by atoms with E-state index in [4.69, 9.17) is 4.98 Å². The normalized spacial score (nSPS) is 12.5. The van der Waals surface area contributed by atoms with Gasteiger partial charge in [0.05, 0.1) is 50.7 Å². The van der Waals surface area contributed by atoms with Crippen LogP contribution in [-0.4, -0.2) is 67.1 Å². The van der Waals surface area contributed by atoms with Crippen molar-refractivity contribution in [2.75, 3.05) is 27.2 Å². The van der Waals surface area contributed by atoms with Gasteiger partial charge < -0.3 is 14.8 Å². The van der Waals surface area contributed by atoms with E-state index in [1.165, 1.54) is 26.5 Å². The Kier molecular flexibility index (Phi) is 7.70. The summed E-state index contributed by atoms with van der Waals surface area (Å²) in [7, 11) is 3.06. The van der Waals surface area contributed by atoms with E-state index >= 15 is 0 Å². The molecule has 1 atom stereocenters. The van der Waals surface area contributed by atoms with Crippen molar-refractivity contribution in [2.45, 2.75) is 32.9 Å². The number of amides is 1. The van der Waals surface area contributed by atoms with E-state index in [-0.39, 0.29) is 31.1 Å². The van der Waals surface area contributed by atoms with Crippen molar-refractivity contribution in [1.29, 1.82) is 0 Å². The summed E-state index contributed by atoms with van der Waals surface area (Å²) in [5, 5.41) is 12.9. The number of pyridine rings is 1. The largest absolute Gasteiger partial charge is 0.633 e. The minimum absolute atomic E-state index is 0.156. The van der Waals surface area contributed by atoms with Crippen molar-refractivity contribution in [3.05, 3.63) is 99.4 Å². The molecule has 1 amide bonds. The number of fused-ring (bicyclic) bond motifs is 1. The summed E-state index contributed by atoms with van der Waals surface area (Å²) in [6.45, 7) is 4.26. The maximum atomic E-state index is 13.8. The minimum Gasteiger partial charge on any atom is -0.633 e. The van der Waals surface area contributed by atoms with E-state index < -0.39 is 10.7 Å². The van der Waals surface area contributed by atoms with Crippen molar-refractivity contribution in [3.63, 3.8) is 0 Å². The zero-order valence-corrected chi connectivity index (χ0v) is 21.5. The smallest absolute Gasteiger partial charge is 0.263 e. The van der Waals surface area contributed by atoms with Gasteiger partial charge in [-0.25, -0.2) is 19.9 Å². The highest BCUT2D eigenvalue weighted by atomic mass is 16.5. The van der Waals surface area contributed by atoms with E-state index in [9.17, 15) is 14.8 Å². The molecule has 4 rings (SSSR count). The van der Waals surface area contributed by atoms with E-state index in [0.717, 1.165) is 5.56 Å². The Morgan fingerprint density at radius 2 is 1.78 bits per heavy atom. The lowest BCUT2D eigenvalue weighted by atomic mass is 10.1. The predicted octanol–water partition coefficient (Wildman–Crippen LogP) is 3.11. The monoisotopic (exact) mass is 501 g/mol. The van der Waals surface area contributed by atoms with Gasteiger partial charge in [-0.1, -0.05) is 37.3 Å². The molecule has 0 aliphatic carbocycles. The second-order valence-electron chi connectivity index (χ2n) is 9.46. The van der Waals surface area contributed by atoms with Crippen LogP contribution in [0.15, 0.2) is 65.8 Å². The number of benzene rings is 1. The highest BCUT2D eigenvalue weighted by molar-refractivity contribution is 5.94. The Hall–Kier alpha value is -4.02. The van der Waals surface area contributed by atoms with Crippen LogP contribution < -0.4 is 5.56 Å². The average molecular weight is 502 g/mol. The van der Waals surface area contributed by atoms with E-state index in [1.807, 2.05) is 37.3 Å². The first kappa shape index (κ1) is 26.1. The second kappa shape index (κ2) is 10.9. The van der Waals surface area contributed by atoms with E-state index in [2.05, 4.69) is 15.0 Å². The van der Waals surface area contributed by atoms with Crippen LogP contribution >= 0.6 is 0 Å². The number of likely N-dealkylation sites (N-methyl/N-ethyl adjacent to an activating group) is 1. The molecule has 0 fully saturated rings. The summed E-state index contributed by atoms with van der Waals surface area (Å²) in [6.07, 6.45) is 5.01. The number of carbonyl (C=O) groups excluding carboxylic acids is 1. The molecule has 0 spiro atoms. The van der Waals surface area contributed by atoms with Gasteiger partial charge in [-0.15, -0.1) is 0 Å². The summed E-state index contributed by atoms with van der Waals surface area (Å²) in [5.74, 6) is 0.633. The van der Waals surface area contributed by atoms with Gasteiger partial charge >= 0.3 is 0 Å². The van der Waals surface area contributed by atoms with Gasteiger partial charge in [-0.3, -0.25) is 14.2 Å². The van der Waals surface area contributed by atoms with Gasteiger partial charge in [0.2, 0.25) is 0 Å². The van der Waals surface area contributed by atoms with Crippen molar-refractivity contribution in [1.82, 2.24) is 29.4 Å². The van der Waals surface area contributed by atoms with E-state index in [1.54, 1.807) is 34.7 Å². The molecule has 0 saturated heterocycles. The van der Waals surface area contributed by atoms with Crippen LogP contribution in [0.3, 0.4) is 0 Å². The maximum Gasteiger partial charge on any atom is 0.263 e. The SMILES string of the molecule is CCC(c1nc2ncccc2c(=O)n1Cc1ccccc1)N(CC[N+](C)(C)[O-])C(=O)c1cnc(C)nc1. The number of rotatable bonds is 9. The first-order chi connectivity index (χ1) is 17.7. The van der Waals surface area contributed by atoms with Gasteiger partial charge in [0.25, 0.3) is 11.5 Å². The zero-order chi connectivity index (χ0) is 26.6. The number of aryl methyl sites for hydroxylation is 1. The third kappa shape index (κ3) is 6.04. The van der Waals surface area contributed by atoms with Crippen LogP contribution in [0.2, 0.25) is 0 Å². The lowest BCUT2D eigenvalue weighted by molar-refractivity contribution is -0.839. The molecule has 0 saturated carbocycles. The molecule has 0 N–H and O–H groups in total. The number of quaternary nitrogens is 1. The van der Waals surface area contributed by atoms with Crippen molar-refractivity contribution < 1.29 is 9.44 Å². The van der Waals surface area contributed by atoms with Gasteiger partial charge in [-0.05, 0) is 31.0 Å². The summed E-state index contributed by atoms with van der Waals surface area (Å²) in [5.41, 5.74) is 1.31. The van der Waals surface area contributed by atoms with Gasteiger partial charge in [0, 0.05) is 18.6 Å². The third-order valence-corrected chi connectivity index (χ3v) is 6.17. The molecule has 1 unspecified atom stereocenters. The maximum absolute atomic E-state index is 13.8. The lowest BCUT2D eigenvalue weighted by Gasteiger charge is -2.38. The molecule has 10 heteroatoms. The molecule has 0 bridgehead atoms. The fourth-order valence-corrected chi connectivity index (χ4v) is 4.20. The number of aromatic nitrogens is 5. The Morgan fingerprint density at radius 1 is 1.08 bits per heavy atom. The minimum atomic E-state index is -0.594. The Labute approximate surface area is 215 Å². The van der Waals surface area contributed by atoms with Crippen LogP contribution in [0.25, 0.3) is 11.0 Å². The molecule has 0 aliphatic heterocycles. The number of nitrogens with zero attached hydrogens (tertiary/aromatic N) is 7. The predicted molar refractivity (Wildman–Crippen MR) is 141 cm³/mol. The molecule has 0 radical (unpaired) electrons. The van der Waals surface area contributed by atoms with Gasteiger partial charge in [0.1, 0.15) is 11.6 Å². The number of carbonyl (C=O) groups is 1. The molecule has 192 valence electrons. The fraction of sp³-hybridized carbons (Fsp3) is 0.333. The van der Waals surface area contributed by atoms with Crippen molar-refractivity contribution >= 4 is 16.9 Å². The molecule has 3 aromatic heterocycles. The number of hydrogen-bond acceptors (Lipinski definition) is 7. The second-order valence-corrected chi connectivity index (χ2v) is 9.46. The van der Waals surface area contributed by atoms with Crippen LogP contribution in [0, 0.1) is 12.1 Å². The molecular weight excluding hydrogens is 470 g/mol. The van der Waals surface area contributed by atoms with Crippen LogP contribution in [0.4, 0.5) is 0 Å². The molecule has 4 aromatic rings. The van der Waals surface area contributed by atoms with Crippen molar-refractivity contribution in [2.24, 2.45) is 0 Å². The van der Waals surface area contributed by atoms with Gasteiger partial charge in [0.15, 0.2) is 5.65 Å².